The highest BCUT2D eigenvalue weighted by Gasteiger charge is 2.36. The lowest BCUT2D eigenvalue weighted by Crippen LogP contribution is -2.43. The molecule has 2 atom stereocenters. The molecule has 1 heterocycles. The zero-order valence-electron chi connectivity index (χ0n) is 14.3. The van der Waals surface area contributed by atoms with Gasteiger partial charge in [-0.1, -0.05) is 45.3 Å². The molecule has 0 unspecified atom stereocenters. The number of carbonyl (C=O) groups is 1. The van der Waals surface area contributed by atoms with Crippen molar-refractivity contribution in [2.75, 3.05) is 6.61 Å². The molecule has 0 spiro atoms. The molecule has 1 aliphatic carbocycles. The highest BCUT2D eigenvalue weighted by atomic mass is 16.6. The summed E-state index contributed by atoms with van der Waals surface area (Å²) in [6, 6.07) is 0.287. The Kier molecular flexibility index (Phi) is 5.90. The Morgan fingerprint density at radius 3 is 2.64 bits per heavy atom. The van der Waals surface area contributed by atoms with Gasteiger partial charge in [0.1, 0.15) is 6.61 Å². The zero-order chi connectivity index (χ0) is 16.2. The van der Waals surface area contributed by atoms with Crippen LogP contribution >= 0.6 is 0 Å². The van der Waals surface area contributed by atoms with Crippen LogP contribution in [0.4, 0.5) is 4.79 Å². The van der Waals surface area contributed by atoms with Crippen LogP contribution in [-0.4, -0.2) is 30.9 Å². The van der Waals surface area contributed by atoms with Crippen LogP contribution in [0, 0.1) is 5.41 Å². The Morgan fingerprint density at radius 1 is 1.32 bits per heavy atom. The van der Waals surface area contributed by atoms with Crippen LogP contribution in [0.2, 0.25) is 0 Å². The Morgan fingerprint density at radius 2 is 2.00 bits per heavy atom. The van der Waals surface area contributed by atoms with Crippen molar-refractivity contribution in [3.63, 3.8) is 0 Å². The topological polar surface area (TPSA) is 47.6 Å². The Hall–Kier alpha value is -1.03. The van der Waals surface area contributed by atoms with E-state index in [9.17, 15) is 4.79 Å². The number of ether oxygens (including phenoxy) is 2. The van der Waals surface area contributed by atoms with E-state index in [1.165, 1.54) is 24.8 Å². The molecule has 4 heteroatoms. The van der Waals surface area contributed by atoms with E-state index in [0.29, 0.717) is 6.61 Å². The van der Waals surface area contributed by atoms with Crippen molar-refractivity contribution in [1.82, 2.24) is 5.32 Å². The quantitative estimate of drug-likeness (QED) is 0.792. The monoisotopic (exact) mass is 309 g/mol. The van der Waals surface area contributed by atoms with E-state index < -0.39 is 0 Å². The number of alkyl carbamates (subject to hydrolysis) is 1. The van der Waals surface area contributed by atoms with Gasteiger partial charge in [-0.05, 0) is 32.6 Å². The molecule has 1 N–H and O–H groups in total. The van der Waals surface area contributed by atoms with Gasteiger partial charge in [-0.25, -0.2) is 4.79 Å². The van der Waals surface area contributed by atoms with Gasteiger partial charge < -0.3 is 14.8 Å². The van der Waals surface area contributed by atoms with Crippen LogP contribution < -0.4 is 5.32 Å². The number of hydrogen-bond acceptors (Lipinski definition) is 3. The summed E-state index contributed by atoms with van der Waals surface area (Å²) in [5.74, 6) is 0. The highest BCUT2D eigenvalue weighted by molar-refractivity contribution is 5.67. The second-order valence-corrected chi connectivity index (χ2v) is 7.64. The largest absolute Gasteiger partial charge is 0.449 e. The van der Waals surface area contributed by atoms with Gasteiger partial charge >= 0.3 is 6.09 Å². The maximum atomic E-state index is 12.0. The smallest absolute Gasteiger partial charge is 0.407 e. The fraction of sp³-hybridized carbons (Fsp3) is 0.833. The average Bonchev–Trinajstić information content (AvgIpc) is 2.45. The van der Waals surface area contributed by atoms with Crippen LogP contribution in [0.3, 0.4) is 0 Å². The van der Waals surface area contributed by atoms with Gasteiger partial charge in [0.15, 0.2) is 0 Å². The number of rotatable bonds is 4. The van der Waals surface area contributed by atoms with Gasteiger partial charge in [0, 0.05) is 11.5 Å². The highest BCUT2D eigenvalue weighted by Crippen LogP contribution is 2.34. The van der Waals surface area contributed by atoms with Crippen LogP contribution in [0.25, 0.3) is 0 Å². The molecule has 0 aromatic carbocycles. The van der Waals surface area contributed by atoms with Gasteiger partial charge in [-0.15, -0.1) is 0 Å². The molecule has 0 bridgehead atoms. The van der Waals surface area contributed by atoms with Crippen molar-refractivity contribution < 1.29 is 14.3 Å². The lowest BCUT2D eigenvalue weighted by atomic mass is 9.81. The van der Waals surface area contributed by atoms with Crippen LogP contribution in [0.5, 0.6) is 0 Å². The molecule has 126 valence electrons. The Balaban J connectivity index is 1.78. The number of nitrogens with one attached hydrogen (secondary N) is 1. The first kappa shape index (κ1) is 17.3. The van der Waals surface area contributed by atoms with Crippen molar-refractivity contribution >= 4 is 6.09 Å². The second-order valence-electron chi connectivity index (χ2n) is 7.64. The molecule has 1 saturated carbocycles. The van der Waals surface area contributed by atoms with Crippen molar-refractivity contribution in [3.8, 4) is 0 Å². The number of carbonyl (C=O) groups excluding carboxylic acids is 1. The van der Waals surface area contributed by atoms with Crippen molar-refractivity contribution in [2.24, 2.45) is 5.41 Å². The predicted octanol–water partition coefficient (Wildman–Crippen LogP) is 4.20. The van der Waals surface area contributed by atoms with E-state index >= 15 is 0 Å². The summed E-state index contributed by atoms with van der Waals surface area (Å²) in [5.41, 5.74) is 1.02. The molecule has 4 nitrogen and oxygen atoms in total. The first-order valence-electron chi connectivity index (χ1n) is 8.62. The fourth-order valence-corrected chi connectivity index (χ4v) is 3.39. The summed E-state index contributed by atoms with van der Waals surface area (Å²) in [5, 5.41) is 2.99. The molecule has 2 aliphatic rings. The molecular weight excluding hydrogens is 278 g/mol. The Bertz CT molecular complexity index is 399. The van der Waals surface area contributed by atoms with Crippen LogP contribution in [0.15, 0.2) is 12.2 Å². The third kappa shape index (κ3) is 5.01. The number of hydrogen-bond donors (Lipinski definition) is 1. The van der Waals surface area contributed by atoms with Crippen molar-refractivity contribution in [2.45, 2.75) is 84.0 Å². The standard InChI is InChI=1S/C18H31NO3/c1-13-10-14(2)22-16(11-13)18(3,4)12-21-17(20)19-15-8-6-5-7-9-15/h14-16H,1,5-12H2,2-4H3,(H,19,20)/t14-,16-/m0/s1. The average molecular weight is 309 g/mol. The summed E-state index contributed by atoms with van der Waals surface area (Å²) in [6.07, 6.45) is 7.57. The third-order valence-electron chi connectivity index (χ3n) is 4.82. The van der Waals surface area contributed by atoms with Crippen molar-refractivity contribution in [1.29, 1.82) is 0 Å². The molecule has 2 fully saturated rings. The SMILES string of the molecule is C=C1C[C@@H](C(C)(C)COC(=O)NC2CCCCC2)O[C@@H](C)C1. The summed E-state index contributed by atoms with van der Waals surface area (Å²) >= 11 is 0. The first-order chi connectivity index (χ1) is 10.4. The number of amides is 1. The predicted molar refractivity (Wildman–Crippen MR) is 87.8 cm³/mol. The van der Waals surface area contributed by atoms with E-state index in [-0.39, 0.29) is 29.8 Å². The molecule has 0 aromatic heterocycles. The minimum atomic E-state index is -0.289. The molecule has 1 amide bonds. The Labute approximate surface area is 134 Å². The lowest BCUT2D eigenvalue weighted by Gasteiger charge is -2.39. The third-order valence-corrected chi connectivity index (χ3v) is 4.82. The van der Waals surface area contributed by atoms with Crippen LogP contribution in [0.1, 0.15) is 65.7 Å². The van der Waals surface area contributed by atoms with Crippen molar-refractivity contribution in [3.05, 3.63) is 12.2 Å². The van der Waals surface area contributed by atoms with E-state index in [1.54, 1.807) is 0 Å². The zero-order valence-corrected chi connectivity index (χ0v) is 14.3. The maximum absolute atomic E-state index is 12.0. The van der Waals surface area contributed by atoms with Gasteiger partial charge in [-0.2, -0.15) is 0 Å². The van der Waals surface area contributed by atoms with Gasteiger partial charge in [0.2, 0.25) is 0 Å². The summed E-state index contributed by atoms with van der Waals surface area (Å²) < 4.78 is 11.5. The van der Waals surface area contributed by atoms with E-state index in [2.05, 4.69) is 32.7 Å². The normalized spacial score (nSPS) is 27.5. The van der Waals surface area contributed by atoms with E-state index in [0.717, 1.165) is 25.7 Å². The summed E-state index contributed by atoms with van der Waals surface area (Å²) in [4.78, 5) is 12.0. The minimum absolute atomic E-state index is 0.0613. The summed E-state index contributed by atoms with van der Waals surface area (Å²) in [6.45, 7) is 10.7. The lowest BCUT2D eigenvalue weighted by molar-refractivity contribution is -0.0962. The fourth-order valence-electron chi connectivity index (χ4n) is 3.39. The van der Waals surface area contributed by atoms with Gasteiger partial charge in [-0.3, -0.25) is 0 Å². The van der Waals surface area contributed by atoms with Gasteiger partial charge in [0.05, 0.1) is 12.2 Å². The molecule has 1 saturated heterocycles. The minimum Gasteiger partial charge on any atom is -0.449 e. The van der Waals surface area contributed by atoms with Crippen LogP contribution in [-0.2, 0) is 9.47 Å². The molecule has 0 aromatic rings. The summed E-state index contributed by atoms with van der Waals surface area (Å²) in [7, 11) is 0. The first-order valence-corrected chi connectivity index (χ1v) is 8.62. The molecule has 1 aliphatic heterocycles. The molecule has 22 heavy (non-hydrogen) atoms. The van der Waals surface area contributed by atoms with Gasteiger partial charge in [0.25, 0.3) is 0 Å². The van der Waals surface area contributed by atoms with E-state index in [4.69, 9.17) is 9.47 Å². The molecule has 0 radical (unpaired) electrons. The molecular formula is C18H31NO3. The van der Waals surface area contributed by atoms with E-state index in [1.807, 2.05) is 0 Å². The second kappa shape index (κ2) is 7.49. The molecule has 2 rings (SSSR count). The maximum Gasteiger partial charge on any atom is 0.407 e.